The Morgan fingerprint density at radius 3 is 3.00 bits per heavy atom. The van der Waals surface area contributed by atoms with Crippen molar-refractivity contribution < 1.29 is 9.84 Å². The van der Waals surface area contributed by atoms with Crippen LogP contribution in [0.5, 0.6) is 0 Å². The van der Waals surface area contributed by atoms with E-state index in [1.54, 1.807) is 6.20 Å². The first kappa shape index (κ1) is 12.3. The molecule has 0 aliphatic carbocycles. The van der Waals surface area contributed by atoms with E-state index in [1.807, 2.05) is 20.8 Å². The van der Waals surface area contributed by atoms with Crippen LogP contribution in [-0.2, 0) is 4.74 Å². The Hall–Kier alpha value is -1.20. The summed E-state index contributed by atoms with van der Waals surface area (Å²) in [6, 6.07) is 0. The van der Waals surface area contributed by atoms with E-state index in [0.717, 1.165) is 17.2 Å². The number of anilines is 1. The SMILES string of the molecule is Cc1cnc(C)c(NCC2(O)CCOC2C)n1. The number of aromatic nitrogens is 2. The molecule has 5 heteroatoms. The fourth-order valence-electron chi connectivity index (χ4n) is 1.94. The maximum absolute atomic E-state index is 10.3. The Labute approximate surface area is 101 Å². The van der Waals surface area contributed by atoms with E-state index in [9.17, 15) is 5.11 Å². The third kappa shape index (κ3) is 2.56. The fourth-order valence-corrected chi connectivity index (χ4v) is 1.94. The van der Waals surface area contributed by atoms with E-state index in [4.69, 9.17) is 4.74 Å². The molecule has 17 heavy (non-hydrogen) atoms. The van der Waals surface area contributed by atoms with Crippen molar-refractivity contribution in [3.63, 3.8) is 0 Å². The van der Waals surface area contributed by atoms with Gasteiger partial charge in [0, 0.05) is 25.8 Å². The number of rotatable bonds is 3. The van der Waals surface area contributed by atoms with Gasteiger partial charge in [-0.05, 0) is 20.8 Å². The molecule has 1 saturated heterocycles. The smallest absolute Gasteiger partial charge is 0.147 e. The van der Waals surface area contributed by atoms with Crippen LogP contribution in [0.4, 0.5) is 5.82 Å². The second kappa shape index (κ2) is 4.58. The lowest BCUT2D eigenvalue weighted by Crippen LogP contribution is -2.43. The van der Waals surface area contributed by atoms with E-state index >= 15 is 0 Å². The Balaban J connectivity index is 2.04. The van der Waals surface area contributed by atoms with Gasteiger partial charge in [0.05, 0.1) is 17.5 Å². The summed E-state index contributed by atoms with van der Waals surface area (Å²) in [5.74, 6) is 0.734. The molecule has 0 bridgehead atoms. The maximum atomic E-state index is 10.3. The van der Waals surface area contributed by atoms with Gasteiger partial charge in [0.1, 0.15) is 11.4 Å². The lowest BCUT2D eigenvalue weighted by molar-refractivity contribution is -0.0176. The lowest BCUT2D eigenvalue weighted by atomic mass is 9.97. The highest BCUT2D eigenvalue weighted by atomic mass is 16.5. The monoisotopic (exact) mass is 237 g/mol. The minimum Gasteiger partial charge on any atom is -0.385 e. The van der Waals surface area contributed by atoms with Crippen molar-refractivity contribution in [3.05, 3.63) is 17.6 Å². The molecule has 1 aromatic rings. The third-order valence-electron chi connectivity index (χ3n) is 3.30. The number of aryl methyl sites for hydroxylation is 2. The van der Waals surface area contributed by atoms with Crippen LogP contribution in [0, 0.1) is 13.8 Å². The molecule has 2 heterocycles. The summed E-state index contributed by atoms with van der Waals surface area (Å²) in [5, 5.41) is 13.5. The standard InChI is InChI=1S/C12H19N3O2/c1-8-6-13-9(2)11(15-8)14-7-12(16)4-5-17-10(12)3/h6,10,16H,4-5,7H2,1-3H3,(H,14,15). The topological polar surface area (TPSA) is 67.3 Å². The minimum absolute atomic E-state index is 0.145. The van der Waals surface area contributed by atoms with Gasteiger partial charge in [0.2, 0.25) is 0 Å². The Morgan fingerprint density at radius 2 is 2.35 bits per heavy atom. The van der Waals surface area contributed by atoms with E-state index in [2.05, 4.69) is 15.3 Å². The third-order valence-corrected chi connectivity index (χ3v) is 3.30. The van der Waals surface area contributed by atoms with Crippen LogP contribution >= 0.6 is 0 Å². The molecule has 94 valence electrons. The van der Waals surface area contributed by atoms with Gasteiger partial charge in [-0.25, -0.2) is 4.98 Å². The Morgan fingerprint density at radius 1 is 1.59 bits per heavy atom. The molecular weight excluding hydrogens is 218 g/mol. The average Bonchev–Trinajstić information content (AvgIpc) is 2.61. The molecule has 0 saturated carbocycles. The van der Waals surface area contributed by atoms with Crippen molar-refractivity contribution in [2.45, 2.75) is 38.9 Å². The van der Waals surface area contributed by atoms with Crippen LogP contribution in [0.2, 0.25) is 0 Å². The molecule has 2 atom stereocenters. The zero-order valence-corrected chi connectivity index (χ0v) is 10.5. The highest BCUT2D eigenvalue weighted by molar-refractivity contribution is 5.40. The van der Waals surface area contributed by atoms with Crippen molar-refractivity contribution >= 4 is 5.82 Å². The summed E-state index contributed by atoms with van der Waals surface area (Å²) in [7, 11) is 0. The van der Waals surface area contributed by atoms with Gasteiger partial charge in [-0.3, -0.25) is 4.98 Å². The molecule has 1 aliphatic rings. The van der Waals surface area contributed by atoms with Gasteiger partial charge < -0.3 is 15.2 Å². The van der Waals surface area contributed by atoms with Gasteiger partial charge in [-0.2, -0.15) is 0 Å². The number of hydrogen-bond donors (Lipinski definition) is 2. The molecule has 2 unspecified atom stereocenters. The van der Waals surface area contributed by atoms with Crippen molar-refractivity contribution in [1.82, 2.24) is 9.97 Å². The first-order valence-electron chi connectivity index (χ1n) is 5.89. The summed E-state index contributed by atoms with van der Waals surface area (Å²) < 4.78 is 5.38. The molecule has 2 rings (SSSR count). The summed E-state index contributed by atoms with van der Waals surface area (Å²) in [6.45, 7) is 6.73. The zero-order valence-electron chi connectivity index (χ0n) is 10.5. The van der Waals surface area contributed by atoms with E-state index < -0.39 is 5.60 Å². The van der Waals surface area contributed by atoms with Crippen LogP contribution in [0.25, 0.3) is 0 Å². The van der Waals surface area contributed by atoms with Gasteiger partial charge in [-0.15, -0.1) is 0 Å². The number of hydrogen-bond acceptors (Lipinski definition) is 5. The molecule has 0 spiro atoms. The van der Waals surface area contributed by atoms with E-state index in [0.29, 0.717) is 19.6 Å². The fraction of sp³-hybridized carbons (Fsp3) is 0.667. The lowest BCUT2D eigenvalue weighted by Gasteiger charge is -2.26. The van der Waals surface area contributed by atoms with Crippen molar-refractivity contribution in [2.75, 3.05) is 18.5 Å². The van der Waals surface area contributed by atoms with Crippen molar-refractivity contribution in [2.24, 2.45) is 0 Å². The molecule has 1 aliphatic heterocycles. The predicted molar refractivity (Wildman–Crippen MR) is 65.0 cm³/mol. The van der Waals surface area contributed by atoms with Crippen LogP contribution < -0.4 is 5.32 Å². The normalized spacial score (nSPS) is 28.4. The molecule has 1 aromatic heterocycles. The highest BCUT2D eigenvalue weighted by Gasteiger charge is 2.39. The largest absolute Gasteiger partial charge is 0.385 e. The van der Waals surface area contributed by atoms with Gasteiger partial charge in [-0.1, -0.05) is 0 Å². The first-order chi connectivity index (χ1) is 8.01. The molecule has 2 N–H and O–H groups in total. The first-order valence-corrected chi connectivity index (χ1v) is 5.89. The quantitative estimate of drug-likeness (QED) is 0.822. The summed E-state index contributed by atoms with van der Waals surface area (Å²) in [6.07, 6.45) is 2.24. The number of nitrogens with zero attached hydrogens (tertiary/aromatic N) is 2. The molecular formula is C12H19N3O2. The van der Waals surface area contributed by atoms with E-state index in [-0.39, 0.29) is 6.10 Å². The van der Waals surface area contributed by atoms with Gasteiger partial charge >= 0.3 is 0 Å². The number of aliphatic hydroxyl groups is 1. The minimum atomic E-state index is -0.808. The molecule has 1 fully saturated rings. The molecule has 0 radical (unpaired) electrons. The zero-order chi connectivity index (χ0) is 12.5. The predicted octanol–water partition coefficient (Wildman–Crippen LogP) is 1.05. The summed E-state index contributed by atoms with van der Waals surface area (Å²) in [5.41, 5.74) is 0.893. The molecule has 5 nitrogen and oxygen atoms in total. The second-order valence-corrected chi connectivity index (χ2v) is 4.67. The average molecular weight is 237 g/mol. The second-order valence-electron chi connectivity index (χ2n) is 4.67. The van der Waals surface area contributed by atoms with Crippen LogP contribution in [0.3, 0.4) is 0 Å². The van der Waals surface area contributed by atoms with Crippen LogP contribution in [0.15, 0.2) is 6.20 Å². The van der Waals surface area contributed by atoms with E-state index in [1.165, 1.54) is 0 Å². The number of nitrogens with one attached hydrogen (secondary N) is 1. The van der Waals surface area contributed by atoms with Crippen molar-refractivity contribution in [1.29, 1.82) is 0 Å². The molecule has 0 amide bonds. The number of ether oxygens (including phenoxy) is 1. The summed E-state index contributed by atoms with van der Waals surface area (Å²) >= 11 is 0. The van der Waals surface area contributed by atoms with Gasteiger partial charge in [0.25, 0.3) is 0 Å². The Kier molecular flexibility index (Phi) is 3.31. The van der Waals surface area contributed by atoms with Gasteiger partial charge in [0.15, 0.2) is 0 Å². The molecule has 0 aromatic carbocycles. The highest BCUT2D eigenvalue weighted by Crippen LogP contribution is 2.26. The summed E-state index contributed by atoms with van der Waals surface area (Å²) in [4.78, 5) is 8.59. The van der Waals surface area contributed by atoms with Crippen LogP contribution in [-0.4, -0.2) is 39.9 Å². The van der Waals surface area contributed by atoms with Crippen LogP contribution in [0.1, 0.15) is 24.7 Å². The Bertz CT molecular complexity index is 411. The van der Waals surface area contributed by atoms with Crippen molar-refractivity contribution in [3.8, 4) is 0 Å². The maximum Gasteiger partial charge on any atom is 0.147 e.